The standard InChI is InChI=1S/C15H19N5O2/c1-20(10-11-6-3-4-9-17-11)14-12(18-15(21)19-16)7-5-8-13(14)22-2/h3-9H,10,16H2,1-2H3,(H2,18,19,21). The molecule has 0 bridgehead atoms. The van der Waals surface area contributed by atoms with Crippen LogP contribution >= 0.6 is 0 Å². The second-order valence-electron chi connectivity index (χ2n) is 4.63. The molecule has 0 fully saturated rings. The van der Waals surface area contributed by atoms with Gasteiger partial charge in [-0.15, -0.1) is 0 Å². The number of hydrogen-bond acceptors (Lipinski definition) is 5. The summed E-state index contributed by atoms with van der Waals surface area (Å²) >= 11 is 0. The van der Waals surface area contributed by atoms with E-state index in [9.17, 15) is 4.79 Å². The molecule has 1 heterocycles. The molecule has 1 aromatic carbocycles. The van der Waals surface area contributed by atoms with Crippen LogP contribution in [0.5, 0.6) is 5.75 Å². The van der Waals surface area contributed by atoms with E-state index in [2.05, 4.69) is 10.3 Å². The number of benzene rings is 1. The van der Waals surface area contributed by atoms with Gasteiger partial charge in [-0.25, -0.2) is 10.6 Å². The maximum absolute atomic E-state index is 11.5. The summed E-state index contributed by atoms with van der Waals surface area (Å²) in [6.07, 6.45) is 1.74. The van der Waals surface area contributed by atoms with Crippen molar-refractivity contribution in [2.75, 3.05) is 24.4 Å². The largest absolute Gasteiger partial charge is 0.495 e. The van der Waals surface area contributed by atoms with E-state index in [4.69, 9.17) is 10.6 Å². The zero-order valence-corrected chi connectivity index (χ0v) is 12.5. The number of carbonyl (C=O) groups is 1. The monoisotopic (exact) mass is 301 g/mol. The number of rotatable bonds is 5. The zero-order chi connectivity index (χ0) is 15.9. The van der Waals surface area contributed by atoms with Gasteiger partial charge in [0.15, 0.2) is 0 Å². The first-order valence-corrected chi connectivity index (χ1v) is 6.71. The Kier molecular flexibility index (Phi) is 5.16. The topological polar surface area (TPSA) is 92.5 Å². The number of hydrazine groups is 1. The van der Waals surface area contributed by atoms with Gasteiger partial charge in [0.1, 0.15) is 11.4 Å². The lowest BCUT2D eigenvalue weighted by atomic mass is 10.2. The summed E-state index contributed by atoms with van der Waals surface area (Å²) in [5.74, 6) is 5.77. The third-order valence-corrected chi connectivity index (χ3v) is 3.11. The van der Waals surface area contributed by atoms with Gasteiger partial charge in [-0.2, -0.15) is 0 Å². The highest BCUT2D eigenvalue weighted by Crippen LogP contribution is 2.35. The minimum absolute atomic E-state index is 0.499. The Morgan fingerprint density at radius 3 is 2.77 bits per heavy atom. The number of urea groups is 1. The number of para-hydroxylation sites is 1. The first-order chi connectivity index (χ1) is 10.7. The second kappa shape index (κ2) is 7.28. The van der Waals surface area contributed by atoms with E-state index < -0.39 is 6.03 Å². The third-order valence-electron chi connectivity index (χ3n) is 3.11. The lowest BCUT2D eigenvalue weighted by Crippen LogP contribution is -2.35. The molecule has 0 unspecified atom stereocenters. The van der Waals surface area contributed by atoms with Crippen LogP contribution < -0.4 is 26.2 Å². The van der Waals surface area contributed by atoms with Crippen molar-refractivity contribution in [2.45, 2.75) is 6.54 Å². The van der Waals surface area contributed by atoms with Crippen molar-refractivity contribution in [3.63, 3.8) is 0 Å². The number of aromatic nitrogens is 1. The van der Waals surface area contributed by atoms with Crippen molar-refractivity contribution in [1.29, 1.82) is 0 Å². The molecule has 4 N–H and O–H groups in total. The van der Waals surface area contributed by atoms with Gasteiger partial charge >= 0.3 is 6.03 Å². The lowest BCUT2D eigenvalue weighted by molar-refractivity contribution is 0.252. The molecule has 0 saturated carbocycles. The van der Waals surface area contributed by atoms with E-state index >= 15 is 0 Å². The number of ether oxygens (including phenoxy) is 1. The Morgan fingerprint density at radius 1 is 1.32 bits per heavy atom. The Morgan fingerprint density at radius 2 is 2.14 bits per heavy atom. The number of nitrogens with two attached hydrogens (primary N) is 1. The predicted octanol–water partition coefficient (Wildman–Crippen LogP) is 1.72. The summed E-state index contributed by atoms with van der Waals surface area (Å²) < 4.78 is 5.40. The van der Waals surface area contributed by atoms with Crippen molar-refractivity contribution in [3.05, 3.63) is 48.3 Å². The minimum Gasteiger partial charge on any atom is -0.495 e. The summed E-state index contributed by atoms with van der Waals surface area (Å²) in [4.78, 5) is 17.8. The Labute approximate surface area is 129 Å². The van der Waals surface area contributed by atoms with Crippen LogP contribution in [-0.2, 0) is 6.54 Å². The van der Waals surface area contributed by atoms with E-state index in [1.165, 1.54) is 0 Å². The van der Waals surface area contributed by atoms with Crippen LogP contribution in [-0.4, -0.2) is 25.2 Å². The van der Waals surface area contributed by atoms with Crippen molar-refractivity contribution in [3.8, 4) is 5.75 Å². The van der Waals surface area contributed by atoms with Crippen molar-refractivity contribution >= 4 is 17.4 Å². The molecule has 0 aliphatic carbocycles. The minimum atomic E-state index is -0.499. The highest BCUT2D eigenvalue weighted by Gasteiger charge is 2.15. The molecule has 1 aromatic heterocycles. The maximum atomic E-state index is 11.5. The number of nitrogens with zero attached hydrogens (tertiary/aromatic N) is 2. The van der Waals surface area contributed by atoms with E-state index in [0.29, 0.717) is 18.0 Å². The van der Waals surface area contributed by atoms with E-state index in [0.717, 1.165) is 11.4 Å². The molecule has 0 radical (unpaired) electrons. The van der Waals surface area contributed by atoms with E-state index in [1.54, 1.807) is 25.4 Å². The van der Waals surface area contributed by atoms with Crippen LogP contribution in [0.2, 0.25) is 0 Å². The van der Waals surface area contributed by atoms with Crippen molar-refractivity contribution in [1.82, 2.24) is 10.4 Å². The van der Waals surface area contributed by atoms with Gasteiger partial charge in [0.05, 0.1) is 25.0 Å². The fraction of sp³-hybridized carbons (Fsp3) is 0.200. The predicted molar refractivity (Wildman–Crippen MR) is 85.7 cm³/mol. The van der Waals surface area contributed by atoms with Crippen molar-refractivity contribution < 1.29 is 9.53 Å². The molecule has 0 saturated heterocycles. The fourth-order valence-corrected chi connectivity index (χ4v) is 2.15. The molecule has 0 spiro atoms. The third kappa shape index (κ3) is 3.64. The summed E-state index contributed by atoms with van der Waals surface area (Å²) in [6.45, 7) is 0.570. The number of pyridine rings is 1. The summed E-state index contributed by atoms with van der Waals surface area (Å²) in [5, 5.41) is 2.68. The lowest BCUT2D eigenvalue weighted by Gasteiger charge is -2.24. The summed E-state index contributed by atoms with van der Waals surface area (Å²) in [6, 6.07) is 10.6. The average molecular weight is 301 g/mol. The Hall–Kier alpha value is -2.80. The first-order valence-electron chi connectivity index (χ1n) is 6.71. The van der Waals surface area contributed by atoms with Crippen LogP contribution in [0, 0.1) is 0 Å². The highest BCUT2D eigenvalue weighted by molar-refractivity contribution is 5.94. The van der Waals surface area contributed by atoms with Gasteiger partial charge in [-0.05, 0) is 24.3 Å². The van der Waals surface area contributed by atoms with Gasteiger partial charge < -0.3 is 15.0 Å². The maximum Gasteiger partial charge on any atom is 0.333 e. The van der Waals surface area contributed by atoms with Crippen LogP contribution in [0.1, 0.15) is 5.69 Å². The van der Waals surface area contributed by atoms with Crippen LogP contribution in [0.15, 0.2) is 42.6 Å². The molecule has 7 nitrogen and oxygen atoms in total. The molecule has 2 aromatic rings. The average Bonchev–Trinajstić information content (AvgIpc) is 2.55. The fourth-order valence-electron chi connectivity index (χ4n) is 2.15. The molecule has 116 valence electrons. The van der Waals surface area contributed by atoms with Crippen molar-refractivity contribution in [2.24, 2.45) is 5.84 Å². The second-order valence-corrected chi connectivity index (χ2v) is 4.63. The normalized spacial score (nSPS) is 9.95. The Bertz CT molecular complexity index is 633. The molecule has 22 heavy (non-hydrogen) atoms. The molecule has 2 rings (SSSR count). The highest BCUT2D eigenvalue weighted by atomic mass is 16.5. The summed E-state index contributed by atoms with van der Waals surface area (Å²) in [7, 11) is 3.48. The molecule has 0 aliphatic rings. The molecule has 2 amide bonds. The van der Waals surface area contributed by atoms with Gasteiger partial charge in [0, 0.05) is 13.2 Å². The molecular formula is C15H19N5O2. The molecule has 0 aliphatic heterocycles. The smallest absolute Gasteiger partial charge is 0.333 e. The summed E-state index contributed by atoms with van der Waals surface area (Å²) in [5.41, 5.74) is 4.30. The zero-order valence-electron chi connectivity index (χ0n) is 12.5. The Balaban J connectivity index is 2.32. The van der Waals surface area contributed by atoms with Gasteiger partial charge in [0.25, 0.3) is 0 Å². The molecule has 7 heteroatoms. The number of carbonyl (C=O) groups excluding carboxylic acids is 1. The van der Waals surface area contributed by atoms with Crippen LogP contribution in [0.3, 0.4) is 0 Å². The first kappa shape index (κ1) is 15.6. The van der Waals surface area contributed by atoms with E-state index in [1.807, 2.05) is 41.6 Å². The van der Waals surface area contributed by atoms with Crippen LogP contribution in [0.4, 0.5) is 16.2 Å². The SMILES string of the molecule is COc1cccc(NC(=O)NN)c1N(C)Cc1ccccn1. The number of nitrogens with one attached hydrogen (secondary N) is 2. The molecule has 0 atom stereocenters. The number of amides is 2. The van der Waals surface area contributed by atoms with Gasteiger partial charge in [0.2, 0.25) is 0 Å². The van der Waals surface area contributed by atoms with Gasteiger partial charge in [-0.3, -0.25) is 10.4 Å². The van der Waals surface area contributed by atoms with E-state index in [-0.39, 0.29) is 0 Å². The number of methoxy groups -OCH3 is 1. The number of hydrogen-bond donors (Lipinski definition) is 3. The number of anilines is 2. The van der Waals surface area contributed by atoms with Gasteiger partial charge in [-0.1, -0.05) is 12.1 Å². The quantitative estimate of drug-likeness (QED) is 0.444. The molecular weight excluding hydrogens is 282 g/mol. The van der Waals surface area contributed by atoms with Crippen LogP contribution in [0.25, 0.3) is 0 Å².